The largest absolute Gasteiger partial charge is 0.394 e. The molecule has 3 aromatic rings. The van der Waals surface area contributed by atoms with Gasteiger partial charge in [0.2, 0.25) is 0 Å². The minimum atomic E-state index is -0.0312. The Kier molecular flexibility index (Phi) is 4.51. The third kappa shape index (κ3) is 3.03. The van der Waals surface area contributed by atoms with Crippen molar-refractivity contribution in [1.82, 2.24) is 14.9 Å². The number of hydrogen-bond donors (Lipinski definition) is 2. The molecule has 0 saturated carbocycles. The average molecular weight is 295 g/mol. The molecule has 2 N–H and O–H groups in total. The summed E-state index contributed by atoms with van der Waals surface area (Å²) in [5, 5.41) is 13.0. The molecule has 1 aromatic heterocycles. The van der Waals surface area contributed by atoms with Gasteiger partial charge in [-0.1, -0.05) is 42.5 Å². The predicted molar refractivity (Wildman–Crippen MR) is 88.7 cm³/mol. The summed E-state index contributed by atoms with van der Waals surface area (Å²) in [6.45, 7) is 3.73. The molecule has 0 unspecified atom stereocenters. The van der Waals surface area contributed by atoms with Gasteiger partial charge in [0.25, 0.3) is 0 Å². The van der Waals surface area contributed by atoms with E-state index in [4.69, 9.17) is 0 Å². The minimum absolute atomic E-state index is 0.0312. The second-order valence-electron chi connectivity index (χ2n) is 5.40. The zero-order chi connectivity index (χ0) is 15.4. The zero-order valence-electron chi connectivity index (χ0n) is 12.7. The lowest BCUT2D eigenvalue weighted by atomic mass is 10.1. The van der Waals surface area contributed by atoms with E-state index in [-0.39, 0.29) is 12.6 Å². The van der Waals surface area contributed by atoms with Crippen molar-refractivity contribution >= 4 is 11.0 Å². The van der Waals surface area contributed by atoms with Crippen LogP contribution in [0.5, 0.6) is 0 Å². The Morgan fingerprint density at radius 2 is 1.82 bits per heavy atom. The lowest BCUT2D eigenvalue weighted by Crippen LogP contribution is -2.28. The van der Waals surface area contributed by atoms with Crippen LogP contribution in [-0.4, -0.2) is 27.8 Å². The highest BCUT2D eigenvalue weighted by Gasteiger charge is 2.10. The number of aliphatic hydroxyl groups excluding tert-OH is 1. The van der Waals surface area contributed by atoms with Crippen LogP contribution >= 0.6 is 0 Å². The van der Waals surface area contributed by atoms with Crippen molar-refractivity contribution in [3.8, 4) is 0 Å². The number of fused-ring (bicyclic) bond motifs is 1. The molecule has 2 aromatic carbocycles. The van der Waals surface area contributed by atoms with Crippen molar-refractivity contribution in [2.24, 2.45) is 0 Å². The van der Waals surface area contributed by atoms with Gasteiger partial charge < -0.3 is 15.0 Å². The minimum Gasteiger partial charge on any atom is -0.394 e. The summed E-state index contributed by atoms with van der Waals surface area (Å²) in [4.78, 5) is 4.57. The molecule has 0 amide bonds. The molecule has 1 heterocycles. The van der Waals surface area contributed by atoms with Crippen LogP contribution in [-0.2, 0) is 6.54 Å². The van der Waals surface area contributed by atoms with Crippen LogP contribution in [0.25, 0.3) is 11.0 Å². The first-order valence-corrected chi connectivity index (χ1v) is 7.60. The van der Waals surface area contributed by atoms with Crippen LogP contribution in [0, 0.1) is 6.92 Å². The highest BCUT2D eigenvalue weighted by atomic mass is 16.3. The molecule has 3 rings (SSSR count). The molecule has 4 heteroatoms. The summed E-state index contributed by atoms with van der Waals surface area (Å²) in [7, 11) is 0. The second-order valence-corrected chi connectivity index (χ2v) is 5.40. The first-order valence-electron chi connectivity index (χ1n) is 7.60. The fourth-order valence-electron chi connectivity index (χ4n) is 2.80. The number of aryl methyl sites for hydroxylation is 1. The Labute approximate surface area is 130 Å². The van der Waals surface area contributed by atoms with E-state index >= 15 is 0 Å². The summed E-state index contributed by atoms with van der Waals surface area (Å²) in [5.41, 5.74) is 3.29. The molecule has 0 aliphatic heterocycles. The number of nitrogens with zero attached hydrogens (tertiary/aromatic N) is 2. The van der Waals surface area contributed by atoms with Crippen LogP contribution in [0.2, 0.25) is 0 Å². The smallest absolute Gasteiger partial charge is 0.106 e. The molecular formula is C18H21N3O. The number of benzene rings is 2. The normalized spacial score (nSPS) is 12.6. The van der Waals surface area contributed by atoms with E-state index in [9.17, 15) is 5.11 Å². The summed E-state index contributed by atoms with van der Waals surface area (Å²) in [6.07, 6.45) is 0. The number of hydrogen-bond acceptors (Lipinski definition) is 3. The summed E-state index contributed by atoms with van der Waals surface area (Å²) in [6, 6.07) is 18.2. The van der Waals surface area contributed by atoms with Gasteiger partial charge in [-0.15, -0.1) is 0 Å². The van der Waals surface area contributed by atoms with E-state index in [0.717, 1.165) is 35.5 Å². The molecular weight excluding hydrogens is 274 g/mol. The van der Waals surface area contributed by atoms with Crippen molar-refractivity contribution in [2.75, 3.05) is 13.2 Å². The van der Waals surface area contributed by atoms with Gasteiger partial charge in [0.05, 0.1) is 23.7 Å². The maximum absolute atomic E-state index is 9.58. The topological polar surface area (TPSA) is 50.1 Å². The van der Waals surface area contributed by atoms with Gasteiger partial charge in [0.1, 0.15) is 5.82 Å². The molecule has 0 saturated heterocycles. The molecule has 0 aliphatic carbocycles. The quantitative estimate of drug-likeness (QED) is 0.735. The lowest BCUT2D eigenvalue weighted by molar-refractivity contribution is 0.243. The lowest BCUT2D eigenvalue weighted by Gasteiger charge is -2.17. The monoisotopic (exact) mass is 295 g/mol. The second kappa shape index (κ2) is 6.73. The predicted octanol–water partition coefficient (Wildman–Crippen LogP) is 2.67. The van der Waals surface area contributed by atoms with E-state index in [1.54, 1.807) is 0 Å². The van der Waals surface area contributed by atoms with Crippen LogP contribution in [0.4, 0.5) is 0 Å². The van der Waals surface area contributed by atoms with E-state index in [2.05, 4.69) is 20.9 Å². The highest BCUT2D eigenvalue weighted by Crippen LogP contribution is 2.15. The van der Waals surface area contributed by atoms with Gasteiger partial charge in [-0.3, -0.25) is 0 Å². The SMILES string of the molecule is Cc1nc2ccccc2n1CCN[C@H](CO)c1ccccc1. The van der Waals surface area contributed by atoms with Gasteiger partial charge in [0, 0.05) is 13.1 Å². The Balaban J connectivity index is 1.68. The van der Waals surface area contributed by atoms with Crippen LogP contribution in [0.1, 0.15) is 17.4 Å². The van der Waals surface area contributed by atoms with Crippen molar-refractivity contribution in [3.63, 3.8) is 0 Å². The fraction of sp³-hybridized carbons (Fsp3) is 0.278. The number of aliphatic hydroxyl groups is 1. The Morgan fingerprint density at radius 3 is 2.59 bits per heavy atom. The molecule has 114 valence electrons. The number of nitrogens with one attached hydrogen (secondary N) is 1. The number of para-hydroxylation sites is 2. The third-order valence-corrected chi connectivity index (χ3v) is 3.96. The standard InChI is InChI=1S/C18H21N3O/c1-14-20-16-9-5-6-10-18(16)21(14)12-11-19-17(13-22)15-7-3-2-4-8-15/h2-10,17,19,22H,11-13H2,1H3/t17-/m1/s1. The summed E-state index contributed by atoms with van der Waals surface area (Å²) in [5.74, 6) is 1.02. The van der Waals surface area contributed by atoms with Gasteiger partial charge in [-0.05, 0) is 24.6 Å². The number of rotatable bonds is 6. The van der Waals surface area contributed by atoms with Crippen LogP contribution in [0.3, 0.4) is 0 Å². The first-order chi connectivity index (χ1) is 10.8. The third-order valence-electron chi connectivity index (χ3n) is 3.96. The van der Waals surface area contributed by atoms with Crippen molar-refractivity contribution in [2.45, 2.75) is 19.5 Å². The molecule has 0 fully saturated rings. The molecule has 4 nitrogen and oxygen atoms in total. The van der Waals surface area contributed by atoms with Gasteiger partial charge in [-0.2, -0.15) is 0 Å². The van der Waals surface area contributed by atoms with Crippen LogP contribution in [0.15, 0.2) is 54.6 Å². The van der Waals surface area contributed by atoms with E-state index in [0.29, 0.717) is 0 Å². The van der Waals surface area contributed by atoms with Crippen LogP contribution < -0.4 is 5.32 Å². The van der Waals surface area contributed by atoms with Gasteiger partial charge in [0.15, 0.2) is 0 Å². The molecule has 0 radical (unpaired) electrons. The average Bonchev–Trinajstić information content (AvgIpc) is 2.88. The Hall–Kier alpha value is -2.17. The molecule has 22 heavy (non-hydrogen) atoms. The van der Waals surface area contributed by atoms with E-state index in [1.165, 1.54) is 0 Å². The van der Waals surface area contributed by atoms with E-state index in [1.807, 2.05) is 55.5 Å². The van der Waals surface area contributed by atoms with Gasteiger partial charge >= 0.3 is 0 Å². The summed E-state index contributed by atoms with van der Waals surface area (Å²) >= 11 is 0. The van der Waals surface area contributed by atoms with E-state index < -0.39 is 0 Å². The Bertz CT molecular complexity index is 736. The molecule has 1 atom stereocenters. The highest BCUT2D eigenvalue weighted by molar-refractivity contribution is 5.75. The summed E-state index contributed by atoms with van der Waals surface area (Å²) < 4.78 is 2.21. The van der Waals surface area contributed by atoms with Crippen molar-refractivity contribution in [3.05, 3.63) is 66.0 Å². The fourth-order valence-corrected chi connectivity index (χ4v) is 2.80. The first kappa shape index (κ1) is 14.8. The molecule has 0 spiro atoms. The number of imidazole rings is 1. The van der Waals surface area contributed by atoms with Gasteiger partial charge in [-0.25, -0.2) is 4.98 Å². The zero-order valence-corrected chi connectivity index (χ0v) is 12.7. The molecule has 0 bridgehead atoms. The molecule has 0 aliphatic rings. The maximum atomic E-state index is 9.58. The maximum Gasteiger partial charge on any atom is 0.106 e. The van der Waals surface area contributed by atoms with Crippen molar-refractivity contribution < 1.29 is 5.11 Å². The number of aromatic nitrogens is 2. The van der Waals surface area contributed by atoms with Crippen molar-refractivity contribution in [1.29, 1.82) is 0 Å². The Morgan fingerprint density at radius 1 is 1.09 bits per heavy atom.